The highest BCUT2D eigenvalue weighted by atomic mass is 32.1. The third-order valence-corrected chi connectivity index (χ3v) is 8.00. The number of amides is 1. The van der Waals surface area contributed by atoms with Gasteiger partial charge in [0.1, 0.15) is 0 Å². The van der Waals surface area contributed by atoms with Crippen LogP contribution in [0.3, 0.4) is 0 Å². The van der Waals surface area contributed by atoms with Crippen LogP contribution in [0.25, 0.3) is 10.2 Å². The molecule has 0 spiro atoms. The van der Waals surface area contributed by atoms with Gasteiger partial charge in [0.15, 0.2) is 5.13 Å². The molecule has 1 aromatic carbocycles. The van der Waals surface area contributed by atoms with E-state index in [2.05, 4.69) is 47.7 Å². The summed E-state index contributed by atoms with van der Waals surface area (Å²) in [4.78, 5) is 25.0. The summed E-state index contributed by atoms with van der Waals surface area (Å²) in [6, 6.07) is 7.47. The maximum Gasteiger partial charge on any atom is 0.251 e. The summed E-state index contributed by atoms with van der Waals surface area (Å²) in [7, 11) is 0. The van der Waals surface area contributed by atoms with Crippen LogP contribution in [0.1, 0.15) is 50.9 Å². The average Bonchev–Trinajstić information content (AvgIpc) is 3.25. The molecule has 3 heterocycles. The summed E-state index contributed by atoms with van der Waals surface area (Å²) in [5.74, 6) is -0.00867. The topological polar surface area (TPSA) is 60.9 Å². The quantitative estimate of drug-likeness (QED) is 0.634. The molecule has 33 heavy (non-hydrogen) atoms. The number of hydrogen-bond acceptors (Lipinski definition) is 7. The van der Waals surface area contributed by atoms with Crippen molar-refractivity contribution >= 4 is 32.6 Å². The molecule has 0 radical (unpaired) electrons. The Kier molecular flexibility index (Phi) is 8.22. The Morgan fingerprint density at radius 2 is 1.85 bits per heavy atom. The van der Waals surface area contributed by atoms with Gasteiger partial charge < -0.3 is 15.0 Å². The predicted octanol–water partition coefficient (Wildman–Crippen LogP) is 3.45. The minimum atomic E-state index is -0.00867. The van der Waals surface area contributed by atoms with E-state index < -0.39 is 0 Å². The van der Waals surface area contributed by atoms with Gasteiger partial charge in [-0.05, 0) is 58.7 Å². The summed E-state index contributed by atoms with van der Waals surface area (Å²) < 4.78 is 6.58. The summed E-state index contributed by atoms with van der Waals surface area (Å²) >= 11 is 1.70. The number of carbonyl (C=O) groups excluding carboxylic acids is 1. The normalized spacial score (nSPS) is 18.7. The lowest BCUT2D eigenvalue weighted by molar-refractivity contribution is 0.0115. The van der Waals surface area contributed by atoms with Crippen LogP contribution in [-0.2, 0) is 4.74 Å². The number of ether oxygens (including phenoxy) is 1. The number of fused-ring (bicyclic) bond motifs is 1. The Hall–Kier alpha value is -1.74. The minimum Gasteiger partial charge on any atom is -0.379 e. The number of anilines is 1. The Morgan fingerprint density at radius 3 is 2.52 bits per heavy atom. The summed E-state index contributed by atoms with van der Waals surface area (Å²) in [5.41, 5.74) is 1.69. The van der Waals surface area contributed by atoms with Crippen molar-refractivity contribution in [2.75, 3.05) is 57.4 Å². The lowest BCUT2D eigenvalue weighted by Gasteiger charge is -2.40. The first-order valence-electron chi connectivity index (χ1n) is 12.4. The number of aromatic nitrogens is 1. The standard InChI is InChI=1S/C25H39N5O2S/c1-18(2)30(19(3)4)12-9-26-24(31)20-5-6-22-23(17-20)33-25(27-22)29-10-7-21(8-11-29)28-13-15-32-16-14-28/h5-6,17-19,21H,7-16H2,1-4H3,(H,26,31). The van der Waals surface area contributed by atoms with Gasteiger partial charge in [-0.1, -0.05) is 11.3 Å². The largest absolute Gasteiger partial charge is 0.379 e. The number of carbonyl (C=O) groups is 1. The fourth-order valence-electron chi connectivity index (χ4n) is 5.07. The van der Waals surface area contributed by atoms with Crippen LogP contribution in [0.4, 0.5) is 5.13 Å². The molecule has 8 heteroatoms. The SMILES string of the molecule is CC(C)N(CCNC(=O)c1ccc2nc(N3CCC(N4CCOCC4)CC3)sc2c1)C(C)C. The molecule has 1 aromatic heterocycles. The lowest BCUT2D eigenvalue weighted by atomic mass is 10.0. The van der Waals surface area contributed by atoms with E-state index in [-0.39, 0.29) is 5.91 Å². The van der Waals surface area contributed by atoms with Crippen LogP contribution in [-0.4, -0.2) is 91.3 Å². The molecule has 1 N–H and O–H groups in total. The average molecular weight is 474 g/mol. The molecule has 0 saturated carbocycles. The second-order valence-corrected chi connectivity index (χ2v) is 10.7. The molecule has 0 aliphatic carbocycles. The Bertz CT molecular complexity index is 909. The molecule has 2 aromatic rings. The molecule has 0 atom stereocenters. The molecule has 2 saturated heterocycles. The number of rotatable bonds is 8. The van der Waals surface area contributed by atoms with Crippen LogP contribution >= 0.6 is 11.3 Å². The van der Waals surface area contributed by atoms with E-state index in [1.165, 1.54) is 12.8 Å². The van der Waals surface area contributed by atoms with Gasteiger partial charge in [-0.3, -0.25) is 14.6 Å². The van der Waals surface area contributed by atoms with Crippen molar-refractivity contribution < 1.29 is 9.53 Å². The highest BCUT2D eigenvalue weighted by Crippen LogP contribution is 2.32. The van der Waals surface area contributed by atoms with Gasteiger partial charge in [0, 0.05) is 63.0 Å². The second-order valence-electron chi connectivity index (χ2n) is 9.73. The zero-order chi connectivity index (χ0) is 23.4. The number of benzene rings is 1. The minimum absolute atomic E-state index is 0.00867. The van der Waals surface area contributed by atoms with Crippen molar-refractivity contribution in [2.24, 2.45) is 0 Å². The van der Waals surface area contributed by atoms with Gasteiger partial charge in [0.05, 0.1) is 23.4 Å². The third kappa shape index (κ3) is 6.04. The summed E-state index contributed by atoms with van der Waals surface area (Å²) in [6.07, 6.45) is 2.35. The van der Waals surface area contributed by atoms with E-state index in [9.17, 15) is 4.79 Å². The lowest BCUT2D eigenvalue weighted by Crippen LogP contribution is -2.49. The molecule has 2 aliphatic rings. The van der Waals surface area contributed by atoms with Crippen LogP contribution in [0.2, 0.25) is 0 Å². The van der Waals surface area contributed by atoms with Crippen molar-refractivity contribution in [1.29, 1.82) is 0 Å². The second kappa shape index (κ2) is 11.1. The van der Waals surface area contributed by atoms with Gasteiger partial charge >= 0.3 is 0 Å². The van der Waals surface area contributed by atoms with E-state index in [1.54, 1.807) is 11.3 Å². The zero-order valence-corrected chi connectivity index (χ0v) is 21.4. The molecule has 2 fully saturated rings. The molecule has 0 bridgehead atoms. The Balaban J connectivity index is 1.33. The van der Waals surface area contributed by atoms with Crippen molar-refractivity contribution in [3.63, 3.8) is 0 Å². The number of piperidine rings is 1. The van der Waals surface area contributed by atoms with Gasteiger partial charge in [0.2, 0.25) is 0 Å². The van der Waals surface area contributed by atoms with Crippen LogP contribution in [0.5, 0.6) is 0 Å². The number of nitrogens with one attached hydrogen (secondary N) is 1. The predicted molar refractivity (Wildman–Crippen MR) is 137 cm³/mol. The Labute approximate surface area is 202 Å². The molecule has 2 aliphatic heterocycles. The molecule has 182 valence electrons. The number of thiazole rings is 1. The van der Waals surface area contributed by atoms with Gasteiger partial charge in [0.25, 0.3) is 5.91 Å². The molecular weight excluding hydrogens is 434 g/mol. The smallest absolute Gasteiger partial charge is 0.251 e. The van der Waals surface area contributed by atoms with Crippen molar-refractivity contribution in [2.45, 2.75) is 58.7 Å². The maximum absolute atomic E-state index is 12.7. The molecular formula is C25H39N5O2S. The monoisotopic (exact) mass is 473 g/mol. The van der Waals surface area contributed by atoms with E-state index in [0.29, 0.717) is 30.2 Å². The van der Waals surface area contributed by atoms with E-state index in [0.717, 1.165) is 61.3 Å². The van der Waals surface area contributed by atoms with Crippen molar-refractivity contribution in [3.05, 3.63) is 23.8 Å². The number of morpholine rings is 1. The van der Waals surface area contributed by atoms with Crippen molar-refractivity contribution in [3.8, 4) is 0 Å². The van der Waals surface area contributed by atoms with Gasteiger partial charge in [-0.2, -0.15) is 0 Å². The Morgan fingerprint density at radius 1 is 1.15 bits per heavy atom. The van der Waals surface area contributed by atoms with E-state index >= 15 is 0 Å². The van der Waals surface area contributed by atoms with E-state index in [4.69, 9.17) is 9.72 Å². The summed E-state index contributed by atoms with van der Waals surface area (Å²) in [5, 5.41) is 4.17. The third-order valence-electron chi connectivity index (χ3n) is 6.92. The van der Waals surface area contributed by atoms with Gasteiger partial charge in [-0.15, -0.1) is 0 Å². The fraction of sp³-hybridized carbons (Fsp3) is 0.680. The van der Waals surface area contributed by atoms with E-state index in [1.807, 2.05) is 18.2 Å². The highest BCUT2D eigenvalue weighted by molar-refractivity contribution is 7.22. The highest BCUT2D eigenvalue weighted by Gasteiger charge is 2.27. The summed E-state index contributed by atoms with van der Waals surface area (Å²) in [6.45, 7) is 16.2. The first-order chi connectivity index (χ1) is 15.9. The fourth-order valence-corrected chi connectivity index (χ4v) is 6.12. The maximum atomic E-state index is 12.7. The molecule has 7 nitrogen and oxygen atoms in total. The zero-order valence-electron chi connectivity index (χ0n) is 20.5. The number of hydrogen-bond donors (Lipinski definition) is 1. The molecule has 0 unspecified atom stereocenters. The van der Waals surface area contributed by atoms with Crippen LogP contribution in [0.15, 0.2) is 18.2 Å². The first-order valence-corrected chi connectivity index (χ1v) is 13.3. The van der Waals surface area contributed by atoms with Crippen molar-refractivity contribution in [1.82, 2.24) is 20.1 Å². The van der Waals surface area contributed by atoms with Crippen LogP contribution in [0, 0.1) is 0 Å². The first kappa shape index (κ1) is 24.4. The molecule has 1 amide bonds. The van der Waals surface area contributed by atoms with Gasteiger partial charge in [-0.25, -0.2) is 4.98 Å². The molecule has 4 rings (SSSR count). The van der Waals surface area contributed by atoms with Crippen LogP contribution < -0.4 is 10.2 Å². The number of nitrogens with zero attached hydrogens (tertiary/aromatic N) is 4.